The summed E-state index contributed by atoms with van der Waals surface area (Å²) in [6.07, 6.45) is 2.09. The highest BCUT2D eigenvalue weighted by Gasteiger charge is 2.23. The summed E-state index contributed by atoms with van der Waals surface area (Å²) in [5.41, 5.74) is 6.58. The van der Waals surface area contributed by atoms with Crippen LogP contribution in [-0.2, 0) is 9.53 Å². The molecule has 5 nitrogen and oxygen atoms in total. The van der Waals surface area contributed by atoms with Crippen molar-refractivity contribution in [2.45, 2.75) is 31.4 Å². The van der Waals surface area contributed by atoms with Gasteiger partial charge in [0.25, 0.3) is 0 Å². The first-order valence-electron chi connectivity index (χ1n) is 7.65. The first kappa shape index (κ1) is 23.3. The average Bonchev–Trinajstić information content (AvgIpc) is 2.53. The fourth-order valence-corrected chi connectivity index (χ4v) is 3.03. The van der Waals surface area contributed by atoms with E-state index in [1.165, 1.54) is 0 Å². The molecule has 1 fully saturated rings. The number of methoxy groups -OCH3 is 1. The molecule has 1 heterocycles. The van der Waals surface area contributed by atoms with Crippen LogP contribution in [0.25, 0.3) is 0 Å². The van der Waals surface area contributed by atoms with Gasteiger partial charge in [-0.05, 0) is 25.0 Å². The Morgan fingerprint density at radius 2 is 2.17 bits per heavy atom. The monoisotopic (exact) mass is 397 g/mol. The molecule has 24 heavy (non-hydrogen) atoms. The molecule has 8 heteroatoms. The Kier molecular flexibility index (Phi) is 11.4. The number of hydrogen-bond acceptors (Lipinski definition) is 4. The minimum Gasteiger partial charge on any atom is -0.380 e. The number of hydrogen-bond donors (Lipinski definition) is 2. The SMILES string of the molecule is COC(CN)CC(=O)NC1CCCN(c2ccccc2Cl)C1.Cl.Cl. The third-order valence-corrected chi connectivity index (χ3v) is 4.31. The Morgan fingerprint density at radius 1 is 1.46 bits per heavy atom. The number of rotatable bonds is 6. The van der Waals surface area contributed by atoms with Crippen LogP contribution in [0.4, 0.5) is 5.69 Å². The van der Waals surface area contributed by atoms with Gasteiger partial charge >= 0.3 is 0 Å². The zero-order valence-corrected chi connectivity index (χ0v) is 16.1. The number of piperidine rings is 1. The number of amides is 1. The maximum atomic E-state index is 12.1. The summed E-state index contributed by atoms with van der Waals surface area (Å²) in [4.78, 5) is 14.3. The number of nitrogens with zero attached hydrogens (tertiary/aromatic N) is 1. The fourth-order valence-electron chi connectivity index (χ4n) is 2.78. The van der Waals surface area contributed by atoms with Crippen molar-refractivity contribution in [1.29, 1.82) is 0 Å². The highest BCUT2D eigenvalue weighted by molar-refractivity contribution is 6.33. The van der Waals surface area contributed by atoms with E-state index in [9.17, 15) is 4.79 Å². The zero-order chi connectivity index (χ0) is 15.9. The van der Waals surface area contributed by atoms with Crippen molar-refractivity contribution in [2.75, 3.05) is 31.6 Å². The van der Waals surface area contributed by atoms with Crippen molar-refractivity contribution >= 4 is 48.0 Å². The first-order chi connectivity index (χ1) is 10.6. The van der Waals surface area contributed by atoms with Gasteiger partial charge in [0.2, 0.25) is 5.91 Å². The van der Waals surface area contributed by atoms with Gasteiger partial charge in [0.15, 0.2) is 0 Å². The number of nitrogens with two attached hydrogens (primary N) is 1. The van der Waals surface area contributed by atoms with E-state index in [1.54, 1.807) is 7.11 Å². The van der Waals surface area contributed by atoms with Gasteiger partial charge in [-0.2, -0.15) is 0 Å². The first-order valence-corrected chi connectivity index (χ1v) is 8.03. The summed E-state index contributed by atoms with van der Waals surface area (Å²) in [5, 5.41) is 3.83. The number of carbonyl (C=O) groups excluding carboxylic acids is 1. The molecule has 0 aliphatic carbocycles. The standard InChI is InChI=1S/C16H24ClN3O2.2ClH/c1-22-13(10-18)9-16(21)19-12-5-4-8-20(11-12)15-7-3-2-6-14(15)17;;/h2-3,6-7,12-13H,4-5,8-11,18H2,1H3,(H,19,21);2*1H. The molecule has 1 aromatic rings. The van der Waals surface area contributed by atoms with Crippen LogP contribution in [-0.4, -0.2) is 44.8 Å². The van der Waals surface area contributed by atoms with Gasteiger partial charge in [0, 0.05) is 32.8 Å². The molecular weight excluding hydrogens is 373 g/mol. The van der Waals surface area contributed by atoms with Crippen molar-refractivity contribution in [3.8, 4) is 0 Å². The minimum atomic E-state index is -0.219. The molecule has 0 saturated carbocycles. The van der Waals surface area contributed by atoms with Crippen LogP contribution < -0.4 is 16.0 Å². The van der Waals surface area contributed by atoms with Crippen LogP contribution in [0.5, 0.6) is 0 Å². The van der Waals surface area contributed by atoms with Crippen LogP contribution in [0.1, 0.15) is 19.3 Å². The Bertz CT molecular complexity index is 501. The van der Waals surface area contributed by atoms with E-state index < -0.39 is 0 Å². The molecule has 0 radical (unpaired) electrons. The number of anilines is 1. The average molecular weight is 399 g/mol. The summed E-state index contributed by atoms with van der Waals surface area (Å²) in [6, 6.07) is 7.94. The normalized spacial score (nSPS) is 18.1. The summed E-state index contributed by atoms with van der Waals surface area (Å²) in [6.45, 7) is 2.08. The molecule has 1 aromatic carbocycles. The van der Waals surface area contributed by atoms with Gasteiger partial charge in [-0.3, -0.25) is 4.79 Å². The molecule has 2 unspecified atom stereocenters. The number of halogens is 3. The number of ether oxygens (including phenoxy) is 1. The van der Waals surface area contributed by atoms with Crippen LogP contribution in [0.2, 0.25) is 5.02 Å². The second-order valence-corrected chi connectivity index (χ2v) is 6.01. The van der Waals surface area contributed by atoms with Gasteiger partial charge in [-0.15, -0.1) is 24.8 Å². The summed E-state index contributed by atoms with van der Waals surface area (Å²) in [7, 11) is 1.57. The quantitative estimate of drug-likeness (QED) is 0.773. The topological polar surface area (TPSA) is 67.6 Å². The Morgan fingerprint density at radius 3 is 2.79 bits per heavy atom. The van der Waals surface area contributed by atoms with Crippen molar-refractivity contribution in [1.82, 2.24) is 5.32 Å². The largest absolute Gasteiger partial charge is 0.380 e. The molecule has 138 valence electrons. The lowest BCUT2D eigenvalue weighted by atomic mass is 10.0. The van der Waals surface area contributed by atoms with Crippen molar-refractivity contribution in [3.63, 3.8) is 0 Å². The van der Waals surface area contributed by atoms with E-state index in [0.717, 1.165) is 36.6 Å². The van der Waals surface area contributed by atoms with E-state index in [0.29, 0.717) is 13.0 Å². The lowest BCUT2D eigenvalue weighted by molar-refractivity contribution is -0.124. The minimum absolute atomic E-state index is 0. The van der Waals surface area contributed by atoms with Gasteiger partial charge in [-0.25, -0.2) is 0 Å². The van der Waals surface area contributed by atoms with Crippen LogP contribution >= 0.6 is 36.4 Å². The third kappa shape index (κ3) is 6.65. The number of para-hydroxylation sites is 1. The maximum Gasteiger partial charge on any atom is 0.222 e. The Balaban J connectivity index is 0.00000264. The summed E-state index contributed by atoms with van der Waals surface area (Å²) >= 11 is 6.26. The van der Waals surface area contributed by atoms with E-state index in [2.05, 4.69) is 10.2 Å². The van der Waals surface area contributed by atoms with Crippen LogP contribution in [0, 0.1) is 0 Å². The number of carbonyl (C=O) groups is 1. The predicted octanol–water partition coefficient (Wildman–Crippen LogP) is 2.63. The molecule has 3 N–H and O–H groups in total. The van der Waals surface area contributed by atoms with E-state index in [-0.39, 0.29) is 42.9 Å². The molecule has 0 spiro atoms. The molecule has 1 aliphatic heterocycles. The molecule has 1 amide bonds. The third-order valence-electron chi connectivity index (χ3n) is 3.99. The molecular formula is C16H26Cl3N3O2. The zero-order valence-electron chi connectivity index (χ0n) is 13.7. The van der Waals surface area contributed by atoms with Crippen LogP contribution in [0.3, 0.4) is 0 Å². The molecule has 0 aromatic heterocycles. The van der Waals surface area contributed by atoms with E-state index >= 15 is 0 Å². The fraction of sp³-hybridized carbons (Fsp3) is 0.562. The van der Waals surface area contributed by atoms with Crippen molar-refractivity contribution in [2.24, 2.45) is 5.73 Å². The Hall–Kier alpha value is -0.720. The Labute approximate surface area is 161 Å². The number of nitrogens with one attached hydrogen (secondary N) is 1. The lowest BCUT2D eigenvalue weighted by Gasteiger charge is -2.35. The molecule has 2 atom stereocenters. The predicted molar refractivity (Wildman–Crippen MR) is 104 cm³/mol. The van der Waals surface area contributed by atoms with Crippen LogP contribution in [0.15, 0.2) is 24.3 Å². The molecule has 2 rings (SSSR count). The highest BCUT2D eigenvalue weighted by atomic mass is 35.5. The van der Waals surface area contributed by atoms with Gasteiger partial charge in [0.05, 0.1) is 23.2 Å². The van der Waals surface area contributed by atoms with Gasteiger partial charge in [-0.1, -0.05) is 23.7 Å². The van der Waals surface area contributed by atoms with E-state index in [4.69, 9.17) is 22.1 Å². The van der Waals surface area contributed by atoms with Crippen molar-refractivity contribution < 1.29 is 9.53 Å². The lowest BCUT2D eigenvalue weighted by Crippen LogP contribution is -2.48. The maximum absolute atomic E-state index is 12.1. The number of benzene rings is 1. The second-order valence-electron chi connectivity index (χ2n) is 5.60. The summed E-state index contributed by atoms with van der Waals surface area (Å²) < 4.78 is 5.15. The second kappa shape index (κ2) is 11.8. The van der Waals surface area contributed by atoms with E-state index in [1.807, 2.05) is 24.3 Å². The smallest absolute Gasteiger partial charge is 0.222 e. The molecule has 1 saturated heterocycles. The van der Waals surface area contributed by atoms with Gasteiger partial charge in [0.1, 0.15) is 0 Å². The summed E-state index contributed by atoms with van der Waals surface area (Å²) in [5.74, 6) is -0.0108. The molecule has 0 bridgehead atoms. The molecule has 1 aliphatic rings. The van der Waals surface area contributed by atoms with Gasteiger partial charge < -0.3 is 20.7 Å². The highest BCUT2D eigenvalue weighted by Crippen LogP contribution is 2.27. The van der Waals surface area contributed by atoms with Crippen molar-refractivity contribution in [3.05, 3.63) is 29.3 Å².